The van der Waals surface area contributed by atoms with Gasteiger partial charge in [0.1, 0.15) is 11.5 Å². The van der Waals surface area contributed by atoms with E-state index in [-0.39, 0.29) is 18.4 Å². The van der Waals surface area contributed by atoms with Crippen molar-refractivity contribution in [1.82, 2.24) is 5.32 Å². The molecule has 144 valence electrons. The Hall–Kier alpha value is -3.54. The second-order valence-electron chi connectivity index (χ2n) is 6.18. The summed E-state index contributed by atoms with van der Waals surface area (Å²) < 4.78 is 10.7. The first-order valence-corrected chi connectivity index (χ1v) is 9.06. The topological polar surface area (TPSA) is 80.6 Å². The van der Waals surface area contributed by atoms with Crippen LogP contribution >= 0.6 is 0 Å². The Kier molecular flexibility index (Phi) is 6.46. The van der Waals surface area contributed by atoms with Crippen LogP contribution in [0, 0.1) is 0 Å². The molecule has 6 nitrogen and oxygen atoms in total. The fraction of sp³-hybridized carbons (Fsp3) is 0.182. The molecule has 0 radical (unpaired) electrons. The average molecular weight is 378 g/mol. The minimum atomic E-state index is -0.296. The van der Waals surface area contributed by atoms with E-state index >= 15 is 0 Å². The number of aryl methyl sites for hydroxylation is 1. The fourth-order valence-electron chi connectivity index (χ4n) is 2.62. The Bertz CT molecular complexity index is 935. The van der Waals surface area contributed by atoms with Crippen molar-refractivity contribution in [3.8, 4) is 5.75 Å². The van der Waals surface area contributed by atoms with Crippen molar-refractivity contribution in [1.29, 1.82) is 0 Å². The highest BCUT2D eigenvalue weighted by Crippen LogP contribution is 2.14. The van der Waals surface area contributed by atoms with Gasteiger partial charge in [0.05, 0.1) is 12.8 Å². The molecular weight excluding hydrogens is 356 g/mol. The van der Waals surface area contributed by atoms with E-state index in [9.17, 15) is 9.59 Å². The smallest absolute Gasteiger partial charge is 0.262 e. The van der Waals surface area contributed by atoms with E-state index in [0.717, 1.165) is 12.0 Å². The quantitative estimate of drug-likeness (QED) is 0.625. The van der Waals surface area contributed by atoms with E-state index in [4.69, 9.17) is 9.15 Å². The molecular formula is C22H22N2O4. The summed E-state index contributed by atoms with van der Waals surface area (Å²) in [7, 11) is 0. The van der Waals surface area contributed by atoms with Crippen molar-refractivity contribution in [2.45, 2.75) is 19.9 Å². The number of hydrogen-bond donors (Lipinski definition) is 2. The summed E-state index contributed by atoms with van der Waals surface area (Å²) in [6.45, 7) is 2.25. The van der Waals surface area contributed by atoms with Crippen LogP contribution in [0.1, 0.15) is 28.6 Å². The van der Waals surface area contributed by atoms with Crippen LogP contribution in [-0.2, 0) is 17.8 Å². The van der Waals surface area contributed by atoms with Gasteiger partial charge in [-0.05, 0) is 54.4 Å². The summed E-state index contributed by atoms with van der Waals surface area (Å²) in [4.78, 5) is 24.4. The molecule has 0 bridgehead atoms. The monoisotopic (exact) mass is 378 g/mol. The number of anilines is 1. The molecule has 2 amide bonds. The standard InChI is InChI=1S/C22H22N2O4/c1-2-16-6-3-9-19(12-16)28-15-21(25)24-18-8-4-7-17(13-18)22(26)23-14-20-10-5-11-27-20/h3-13H,2,14-15H2,1H3,(H,23,26)(H,24,25). The second-order valence-corrected chi connectivity index (χ2v) is 6.18. The van der Waals surface area contributed by atoms with Gasteiger partial charge in [0, 0.05) is 11.3 Å². The molecule has 0 atom stereocenters. The fourth-order valence-corrected chi connectivity index (χ4v) is 2.62. The molecule has 0 aliphatic rings. The summed E-state index contributed by atoms with van der Waals surface area (Å²) in [5, 5.41) is 5.51. The Morgan fingerprint density at radius 2 is 1.89 bits per heavy atom. The molecule has 0 spiro atoms. The van der Waals surface area contributed by atoms with Gasteiger partial charge < -0.3 is 19.8 Å². The number of amides is 2. The summed E-state index contributed by atoms with van der Waals surface area (Å²) in [5.41, 5.74) is 2.12. The third kappa shape index (κ3) is 5.48. The molecule has 1 aromatic heterocycles. The highest BCUT2D eigenvalue weighted by atomic mass is 16.5. The molecule has 3 aromatic rings. The summed E-state index contributed by atoms with van der Waals surface area (Å²) in [5.74, 6) is 0.776. The van der Waals surface area contributed by atoms with Crippen molar-refractivity contribution < 1.29 is 18.7 Å². The van der Waals surface area contributed by atoms with Gasteiger partial charge in [0.25, 0.3) is 11.8 Å². The minimum absolute atomic E-state index is 0.109. The lowest BCUT2D eigenvalue weighted by atomic mass is 10.2. The first-order valence-electron chi connectivity index (χ1n) is 9.06. The van der Waals surface area contributed by atoms with Crippen LogP contribution in [0.2, 0.25) is 0 Å². The van der Waals surface area contributed by atoms with E-state index in [2.05, 4.69) is 17.6 Å². The Morgan fingerprint density at radius 1 is 1.04 bits per heavy atom. The van der Waals surface area contributed by atoms with Crippen LogP contribution in [0.5, 0.6) is 5.75 Å². The summed E-state index contributed by atoms with van der Waals surface area (Å²) in [6.07, 6.45) is 2.45. The molecule has 28 heavy (non-hydrogen) atoms. The van der Waals surface area contributed by atoms with Crippen molar-refractivity contribution in [3.05, 3.63) is 83.8 Å². The van der Waals surface area contributed by atoms with Crippen LogP contribution in [0.25, 0.3) is 0 Å². The molecule has 1 heterocycles. The summed E-state index contributed by atoms with van der Waals surface area (Å²) >= 11 is 0. The van der Waals surface area contributed by atoms with Crippen LogP contribution in [0.15, 0.2) is 71.3 Å². The Morgan fingerprint density at radius 3 is 2.68 bits per heavy atom. The zero-order valence-electron chi connectivity index (χ0n) is 15.6. The molecule has 6 heteroatoms. The van der Waals surface area contributed by atoms with Crippen LogP contribution in [0.4, 0.5) is 5.69 Å². The largest absolute Gasteiger partial charge is 0.484 e. The van der Waals surface area contributed by atoms with Gasteiger partial charge in [-0.3, -0.25) is 9.59 Å². The molecule has 2 N–H and O–H groups in total. The minimum Gasteiger partial charge on any atom is -0.484 e. The molecule has 0 aliphatic carbocycles. The zero-order valence-corrected chi connectivity index (χ0v) is 15.6. The number of hydrogen-bond acceptors (Lipinski definition) is 4. The lowest BCUT2D eigenvalue weighted by Gasteiger charge is -2.10. The molecule has 0 saturated carbocycles. The molecule has 0 saturated heterocycles. The number of ether oxygens (including phenoxy) is 1. The van der Waals surface area contributed by atoms with Gasteiger partial charge in [0.2, 0.25) is 0 Å². The second kappa shape index (κ2) is 9.41. The maximum atomic E-state index is 12.3. The lowest BCUT2D eigenvalue weighted by Crippen LogP contribution is -2.23. The third-order valence-electron chi connectivity index (χ3n) is 4.09. The van der Waals surface area contributed by atoms with Crippen LogP contribution in [0.3, 0.4) is 0 Å². The van der Waals surface area contributed by atoms with Gasteiger partial charge in [-0.1, -0.05) is 25.1 Å². The zero-order chi connectivity index (χ0) is 19.8. The third-order valence-corrected chi connectivity index (χ3v) is 4.09. The highest BCUT2D eigenvalue weighted by Gasteiger charge is 2.09. The number of carbonyl (C=O) groups excluding carboxylic acids is 2. The van der Waals surface area contributed by atoms with E-state index in [1.165, 1.54) is 0 Å². The maximum absolute atomic E-state index is 12.3. The number of furan rings is 1. The van der Waals surface area contributed by atoms with Gasteiger partial charge in [-0.2, -0.15) is 0 Å². The SMILES string of the molecule is CCc1cccc(OCC(=O)Nc2cccc(C(=O)NCc3ccco3)c2)c1. The number of benzene rings is 2. The van der Waals surface area contributed by atoms with Crippen molar-refractivity contribution in [3.63, 3.8) is 0 Å². The maximum Gasteiger partial charge on any atom is 0.262 e. The van der Waals surface area contributed by atoms with Gasteiger partial charge in [-0.15, -0.1) is 0 Å². The molecule has 3 rings (SSSR count). The van der Waals surface area contributed by atoms with E-state index in [0.29, 0.717) is 29.3 Å². The number of carbonyl (C=O) groups is 2. The number of nitrogens with one attached hydrogen (secondary N) is 2. The lowest BCUT2D eigenvalue weighted by molar-refractivity contribution is -0.118. The van der Waals surface area contributed by atoms with Crippen molar-refractivity contribution >= 4 is 17.5 Å². The first kappa shape index (κ1) is 19.2. The Labute approximate surface area is 163 Å². The van der Waals surface area contributed by atoms with Crippen LogP contribution < -0.4 is 15.4 Å². The van der Waals surface area contributed by atoms with Crippen molar-refractivity contribution in [2.24, 2.45) is 0 Å². The Balaban J connectivity index is 1.52. The average Bonchev–Trinajstić information content (AvgIpc) is 3.24. The van der Waals surface area contributed by atoms with E-state index in [1.807, 2.05) is 24.3 Å². The highest BCUT2D eigenvalue weighted by molar-refractivity contribution is 5.97. The van der Waals surface area contributed by atoms with Gasteiger partial charge >= 0.3 is 0 Å². The van der Waals surface area contributed by atoms with E-state index < -0.39 is 0 Å². The van der Waals surface area contributed by atoms with Crippen molar-refractivity contribution in [2.75, 3.05) is 11.9 Å². The predicted molar refractivity (Wildman–Crippen MR) is 106 cm³/mol. The number of rotatable bonds is 8. The van der Waals surface area contributed by atoms with Crippen LogP contribution in [-0.4, -0.2) is 18.4 Å². The molecule has 0 unspecified atom stereocenters. The van der Waals surface area contributed by atoms with E-state index in [1.54, 1.807) is 42.7 Å². The molecule has 2 aromatic carbocycles. The molecule has 0 aliphatic heterocycles. The van der Waals surface area contributed by atoms with Gasteiger partial charge in [0.15, 0.2) is 6.61 Å². The normalized spacial score (nSPS) is 10.3. The first-order chi connectivity index (χ1) is 13.6. The van der Waals surface area contributed by atoms with Gasteiger partial charge in [-0.25, -0.2) is 0 Å². The molecule has 0 fully saturated rings. The predicted octanol–water partition coefficient (Wildman–Crippen LogP) is 3.79. The summed E-state index contributed by atoms with van der Waals surface area (Å²) in [6, 6.07) is 17.9.